The highest BCUT2D eigenvalue weighted by molar-refractivity contribution is 6.34. The maximum Gasteiger partial charge on any atom is 0.122 e. The van der Waals surface area contributed by atoms with Crippen LogP contribution in [0.25, 0.3) is 0 Å². The number of rotatable bonds is 4. The fraction of sp³-hybridized carbons (Fsp3) is 0.571. The van der Waals surface area contributed by atoms with Crippen molar-refractivity contribution in [1.29, 1.82) is 0 Å². The molecule has 0 unspecified atom stereocenters. The predicted molar refractivity (Wildman–Crippen MR) is 76.7 cm³/mol. The van der Waals surface area contributed by atoms with Gasteiger partial charge in [-0.2, -0.15) is 0 Å². The fourth-order valence-corrected chi connectivity index (χ4v) is 2.99. The Balaban J connectivity index is 2.12. The monoisotopic (exact) mass is 287 g/mol. The Morgan fingerprint density at radius 1 is 1.22 bits per heavy atom. The molecule has 2 rings (SSSR count). The zero-order valence-electron chi connectivity index (χ0n) is 10.7. The maximum atomic E-state index is 6.11. The Morgan fingerprint density at radius 3 is 2.39 bits per heavy atom. The minimum atomic E-state index is 0.203. The van der Waals surface area contributed by atoms with Gasteiger partial charge in [-0.1, -0.05) is 37.0 Å². The van der Waals surface area contributed by atoms with E-state index in [-0.39, 0.29) is 6.10 Å². The van der Waals surface area contributed by atoms with Gasteiger partial charge in [0.2, 0.25) is 0 Å². The SMILES string of the molecule is CC(C)[C@H](Oc1cc(Cl)cc(Cl)c1)[C@H]1CCNC1. The number of halogens is 2. The van der Waals surface area contributed by atoms with E-state index in [1.165, 1.54) is 0 Å². The van der Waals surface area contributed by atoms with E-state index in [2.05, 4.69) is 19.2 Å². The van der Waals surface area contributed by atoms with Crippen molar-refractivity contribution in [2.75, 3.05) is 13.1 Å². The fourth-order valence-electron chi connectivity index (χ4n) is 2.49. The summed E-state index contributed by atoms with van der Waals surface area (Å²) in [5.74, 6) is 1.79. The molecule has 0 radical (unpaired) electrons. The van der Waals surface area contributed by atoms with E-state index in [4.69, 9.17) is 27.9 Å². The minimum absolute atomic E-state index is 0.203. The van der Waals surface area contributed by atoms with Crippen molar-refractivity contribution in [2.45, 2.75) is 26.4 Å². The molecule has 100 valence electrons. The van der Waals surface area contributed by atoms with Crippen molar-refractivity contribution >= 4 is 23.2 Å². The Hall–Kier alpha value is -0.440. The highest BCUT2D eigenvalue weighted by atomic mass is 35.5. The lowest BCUT2D eigenvalue weighted by Gasteiger charge is -2.27. The molecular formula is C14H19Cl2NO. The number of ether oxygens (including phenoxy) is 1. The third-order valence-electron chi connectivity index (χ3n) is 3.33. The summed E-state index contributed by atoms with van der Waals surface area (Å²) in [5, 5.41) is 4.61. The molecule has 0 saturated carbocycles. The van der Waals surface area contributed by atoms with Crippen molar-refractivity contribution in [1.82, 2.24) is 5.32 Å². The lowest BCUT2D eigenvalue weighted by molar-refractivity contribution is 0.0974. The first-order valence-corrected chi connectivity index (χ1v) is 7.15. The molecule has 4 heteroatoms. The summed E-state index contributed by atoms with van der Waals surface area (Å²) in [6, 6.07) is 5.37. The second-order valence-electron chi connectivity index (χ2n) is 5.18. The van der Waals surface area contributed by atoms with Crippen molar-refractivity contribution in [3.05, 3.63) is 28.2 Å². The van der Waals surface area contributed by atoms with E-state index in [9.17, 15) is 0 Å². The van der Waals surface area contributed by atoms with Gasteiger partial charge in [-0.25, -0.2) is 0 Å². The van der Waals surface area contributed by atoms with Crippen molar-refractivity contribution in [2.24, 2.45) is 11.8 Å². The Morgan fingerprint density at radius 2 is 1.89 bits per heavy atom. The molecule has 0 spiro atoms. The standard InChI is InChI=1S/C14H19Cl2NO/c1-9(2)14(10-3-4-17-8-10)18-13-6-11(15)5-12(16)7-13/h5-7,9-10,14,17H,3-4,8H2,1-2H3/t10-,14-/m0/s1. The molecule has 1 aliphatic rings. The largest absolute Gasteiger partial charge is 0.490 e. The average Bonchev–Trinajstić information content (AvgIpc) is 2.77. The van der Waals surface area contributed by atoms with Crippen LogP contribution in [0, 0.1) is 11.8 Å². The van der Waals surface area contributed by atoms with E-state index in [0.29, 0.717) is 21.9 Å². The van der Waals surface area contributed by atoms with E-state index in [1.54, 1.807) is 6.07 Å². The zero-order valence-corrected chi connectivity index (χ0v) is 12.3. The molecular weight excluding hydrogens is 269 g/mol. The van der Waals surface area contributed by atoms with Crippen molar-refractivity contribution in [3.63, 3.8) is 0 Å². The lowest BCUT2D eigenvalue weighted by atomic mass is 9.92. The van der Waals surface area contributed by atoms with Crippen LogP contribution in [-0.2, 0) is 0 Å². The normalized spacial score (nSPS) is 21.3. The number of hydrogen-bond donors (Lipinski definition) is 1. The van der Waals surface area contributed by atoms with E-state index in [1.807, 2.05) is 12.1 Å². The van der Waals surface area contributed by atoms with Gasteiger partial charge in [-0.05, 0) is 37.1 Å². The van der Waals surface area contributed by atoms with Crippen LogP contribution in [0.3, 0.4) is 0 Å². The number of hydrogen-bond acceptors (Lipinski definition) is 2. The van der Waals surface area contributed by atoms with Gasteiger partial charge < -0.3 is 10.1 Å². The maximum absolute atomic E-state index is 6.11. The van der Waals surface area contributed by atoms with Crippen LogP contribution in [0.5, 0.6) is 5.75 Å². The molecule has 0 aliphatic carbocycles. The highest BCUT2D eigenvalue weighted by Gasteiger charge is 2.29. The third-order valence-corrected chi connectivity index (χ3v) is 3.76. The highest BCUT2D eigenvalue weighted by Crippen LogP contribution is 2.29. The first kappa shape index (κ1) is 14.0. The van der Waals surface area contributed by atoms with Gasteiger partial charge >= 0.3 is 0 Å². The molecule has 1 aromatic carbocycles. The quantitative estimate of drug-likeness (QED) is 0.904. The third kappa shape index (κ3) is 3.53. The molecule has 1 saturated heterocycles. The first-order chi connectivity index (χ1) is 8.56. The van der Waals surface area contributed by atoms with E-state index < -0.39 is 0 Å². The first-order valence-electron chi connectivity index (χ1n) is 6.39. The van der Waals surface area contributed by atoms with Gasteiger partial charge in [0.25, 0.3) is 0 Å². The molecule has 18 heavy (non-hydrogen) atoms. The summed E-state index contributed by atoms with van der Waals surface area (Å²) < 4.78 is 6.11. The summed E-state index contributed by atoms with van der Waals surface area (Å²) in [7, 11) is 0. The van der Waals surface area contributed by atoms with Crippen molar-refractivity contribution < 1.29 is 4.74 Å². The van der Waals surface area contributed by atoms with E-state index in [0.717, 1.165) is 25.3 Å². The number of nitrogens with one attached hydrogen (secondary N) is 1. The summed E-state index contributed by atoms with van der Waals surface area (Å²) >= 11 is 12.0. The van der Waals surface area contributed by atoms with Crippen LogP contribution in [0.2, 0.25) is 10.0 Å². The minimum Gasteiger partial charge on any atom is -0.490 e. The number of benzene rings is 1. The van der Waals surface area contributed by atoms with Gasteiger partial charge in [0.1, 0.15) is 11.9 Å². The van der Waals surface area contributed by atoms with Gasteiger partial charge in [0, 0.05) is 22.5 Å². The second kappa shape index (κ2) is 6.14. The van der Waals surface area contributed by atoms with Gasteiger partial charge in [-0.15, -0.1) is 0 Å². The van der Waals surface area contributed by atoms with Crippen LogP contribution in [-0.4, -0.2) is 19.2 Å². The molecule has 1 aromatic rings. The molecule has 2 nitrogen and oxygen atoms in total. The smallest absolute Gasteiger partial charge is 0.122 e. The predicted octanol–water partition coefficient (Wildman–Crippen LogP) is 4.01. The summed E-state index contributed by atoms with van der Waals surface area (Å²) in [5.41, 5.74) is 0. The molecule has 0 bridgehead atoms. The Bertz CT molecular complexity index is 383. The van der Waals surface area contributed by atoms with Crippen LogP contribution in [0.1, 0.15) is 20.3 Å². The van der Waals surface area contributed by atoms with Crippen LogP contribution < -0.4 is 10.1 Å². The van der Waals surface area contributed by atoms with Crippen LogP contribution in [0.4, 0.5) is 0 Å². The molecule has 1 aliphatic heterocycles. The van der Waals surface area contributed by atoms with E-state index >= 15 is 0 Å². The molecule has 2 atom stereocenters. The summed E-state index contributed by atoms with van der Waals surface area (Å²) in [6.45, 7) is 6.48. The molecule has 1 N–H and O–H groups in total. The molecule has 0 aromatic heterocycles. The van der Waals surface area contributed by atoms with Gasteiger partial charge in [0.05, 0.1) is 0 Å². The van der Waals surface area contributed by atoms with Crippen LogP contribution >= 0.6 is 23.2 Å². The summed E-state index contributed by atoms with van der Waals surface area (Å²) in [4.78, 5) is 0. The van der Waals surface area contributed by atoms with Crippen LogP contribution in [0.15, 0.2) is 18.2 Å². The zero-order chi connectivity index (χ0) is 13.1. The van der Waals surface area contributed by atoms with Crippen molar-refractivity contribution in [3.8, 4) is 5.75 Å². The molecule has 1 heterocycles. The molecule has 1 fully saturated rings. The lowest BCUT2D eigenvalue weighted by Crippen LogP contribution is -2.33. The Kier molecular flexibility index (Phi) is 4.77. The average molecular weight is 288 g/mol. The second-order valence-corrected chi connectivity index (χ2v) is 6.06. The topological polar surface area (TPSA) is 21.3 Å². The summed E-state index contributed by atoms with van der Waals surface area (Å²) in [6.07, 6.45) is 1.37. The van der Waals surface area contributed by atoms with Gasteiger partial charge in [0.15, 0.2) is 0 Å². The molecule has 0 amide bonds. The van der Waals surface area contributed by atoms with Gasteiger partial charge in [-0.3, -0.25) is 0 Å². The Labute approximate surface area is 119 Å².